The molecule has 2 amide bonds. The maximum absolute atomic E-state index is 13.2. The van der Waals surface area contributed by atoms with Gasteiger partial charge in [-0.3, -0.25) is 9.59 Å². The number of amides is 2. The van der Waals surface area contributed by atoms with Crippen molar-refractivity contribution >= 4 is 23.3 Å². The normalized spacial score (nSPS) is 15.8. The van der Waals surface area contributed by atoms with Crippen molar-refractivity contribution in [3.63, 3.8) is 0 Å². The fraction of sp³-hybridized carbons (Fsp3) is 0.150. The number of hydrogen-bond acceptors (Lipinski definition) is 3. The number of benzene rings is 2. The zero-order valence-electron chi connectivity index (χ0n) is 14.6. The molecule has 0 saturated carbocycles. The van der Waals surface area contributed by atoms with Gasteiger partial charge >= 0.3 is 0 Å². The lowest BCUT2D eigenvalue weighted by Gasteiger charge is -2.24. The van der Waals surface area contributed by atoms with E-state index in [4.69, 9.17) is 0 Å². The average Bonchev–Trinajstić information content (AvgIpc) is 3.07. The van der Waals surface area contributed by atoms with Crippen LogP contribution in [0.4, 0.5) is 15.9 Å². The van der Waals surface area contributed by atoms with Crippen LogP contribution in [0.15, 0.2) is 54.7 Å². The molecule has 27 heavy (non-hydrogen) atoms. The van der Waals surface area contributed by atoms with E-state index in [1.54, 1.807) is 18.3 Å². The monoisotopic (exact) mass is 364 g/mol. The zero-order chi connectivity index (χ0) is 19.0. The summed E-state index contributed by atoms with van der Waals surface area (Å²) in [5.74, 6) is -0.500. The lowest BCUT2D eigenvalue weighted by molar-refractivity contribution is -0.125. The van der Waals surface area contributed by atoms with Crippen LogP contribution < -0.4 is 10.6 Å². The Morgan fingerprint density at radius 1 is 1.19 bits per heavy atom. The molecule has 0 aliphatic carbocycles. The standard InChI is InChI=1S/C20H17FN4O2/c1-12-2-8-15(9-3-12)23-20(27)17-10-18(26)24-19-16(11-22-25(17)19)13-4-6-14(21)7-5-13/h2-9,11,17H,10H2,1H3,(H,23,27)(H,24,26)/t17-/m0/s1. The van der Waals surface area contributed by atoms with Crippen LogP contribution in [-0.2, 0) is 9.59 Å². The molecule has 4 rings (SSSR count). The number of hydrogen-bond donors (Lipinski definition) is 2. The first-order valence-electron chi connectivity index (χ1n) is 8.52. The van der Waals surface area contributed by atoms with Gasteiger partial charge in [0.05, 0.1) is 12.6 Å². The predicted octanol–water partition coefficient (Wildman–Crippen LogP) is 3.52. The summed E-state index contributed by atoms with van der Waals surface area (Å²) in [6.07, 6.45) is 1.57. The highest BCUT2D eigenvalue weighted by Crippen LogP contribution is 2.34. The van der Waals surface area contributed by atoms with E-state index < -0.39 is 6.04 Å². The number of carbonyl (C=O) groups excluding carboxylic acids is 2. The highest BCUT2D eigenvalue weighted by molar-refractivity contribution is 6.03. The summed E-state index contributed by atoms with van der Waals surface area (Å²) in [6.45, 7) is 1.96. The maximum atomic E-state index is 13.2. The molecular formula is C20H17FN4O2. The van der Waals surface area contributed by atoms with Crippen LogP contribution in [0.25, 0.3) is 11.1 Å². The molecule has 3 aromatic rings. The van der Waals surface area contributed by atoms with E-state index in [2.05, 4.69) is 15.7 Å². The summed E-state index contributed by atoms with van der Waals surface area (Å²) < 4.78 is 14.7. The van der Waals surface area contributed by atoms with Crippen LogP contribution in [0, 0.1) is 12.7 Å². The summed E-state index contributed by atoms with van der Waals surface area (Å²) >= 11 is 0. The van der Waals surface area contributed by atoms with Gasteiger partial charge in [0.15, 0.2) is 0 Å². The highest BCUT2D eigenvalue weighted by Gasteiger charge is 2.33. The Morgan fingerprint density at radius 3 is 2.59 bits per heavy atom. The van der Waals surface area contributed by atoms with Gasteiger partial charge in [-0.15, -0.1) is 0 Å². The second-order valence-electron chi connectivity index (χ2n) is 6.48. The van der Waals surface area contributed by atoms with Crippen molar-refractivity contribution < 1.29 is 14.0 Å². The molecule has 1 atom stereocenters. The molecule has 1 aromatic heterocycles. The van der Waals surface area contributed by atoms with Gasteiger partial charge in [0.1, 0.15) is 17.7 Å². The molecule has 0 fully saturated rings. The van der Waals surface area contributed by atoms with E-state index in [0.717, 1.165) is 5.56 Å². The quantitative estimate of drug-likeness (QED) is 0.747. The Hall–Kier alpha value is -3.48. The molecule has 1 aliphatic rings. The van der Waals surface area contributed by atoms with Gasteiger partial charge in [0.2, 0.25) is 11.8 Å². The van der Waals surface area contributed by atoms with Crippen molar-refractivity contribution in [1.29, 1.82) is 0 Å². The molecule has 7 heteroatoms. The molecule has 2 aromatic carbocycles. The smallest absolute Gasteiger partial charge is 0.249 e. The number of carbonyl (C=O) groups is 2. The zero-order valence-corrected chi connectivity index (χ0v) is 14.6. The van der Waals surface area contributed by atoms with Gasteiger partial charge in [0, 0.05) is 11.3 Å². The molecule has 0 unspecified atom stereocenters. The average molecular weight is 364 g/mol. The van der Waals surface area contributed by atoms with E-state index in [9.17, 15) is 14.0 Å². The molecule has 0 radical (unpaired) electrons. The Balaban J connectivity index is 1.65. The van der Waals surface area contributed by atoms with Gasteiger partial charge in [-0.05, 0) is 36.8 Å². The molecule has 0 saturated heterocycles. The second kappa shape index (κ2) is 6.68. The fourth-order valence-electron chi connectivity index (χ4n) is 3.08. The molecule has 0 spiro atoms. The minimum Gasteiger partial charge on any atom is -0.324 e. The number of aryl methyl sites for hydroxylation is 1. The number of halogens is 1. The van der Waals surface area contributed by atoms with Crippen molar-refractivity contribution in [3.05, 3.63) is 66.1 Å². The summed E-state index contributed by atoms with van der Waals surface area (Å²) in [7, 11) is 0. The van der Waals surface area contributed by atoms with Gasteiger partial charge < -0.3 is 10.6 Å². The van der Waals surface area contributed by atoms with Gasteiger partial charge in [-0.1, -0.05) is 29.8 Å². The van der Waals surface area contributed by atoms with Crippen molar-refractivity contribution in [2.75, 3.05) is 10.6 Å². The molecule has 2 heterocycles. The highest BCUT2D eigenvalue weighted by atomic mass is 19.1. The first kappa shape index (κ1) is 17.0. The molecular weight excluding hydrogens is 347 g/mol. The summed E-state index contributed by atoms with van der Waals surface area (Å²) in [6, 6.07) is 12.5. The van der Waals surface area contributed by atoms with Gasteiger partial charge in [-0.2, -0.15) is 5.10 Å². The third-order valence-electron chi connectivity index (χ3n) is 4.50. The SMILES string of the molecule is Cc1ccc(NC(=O)[C@@H]2CC(=O)Nc3c(-c4ccc(F)cc4)cnn32)cc1. The number of rotatable bonds is 3. The Bertz CT molecular complexity index is 1010. The summed E-state index contributed by atoms with van der Waals surface area (Å²) in [5, 5.41) is 9.89. The first-order chi connectivity index (χ1) is 13.0. The molecule has 2 N–H and O–H groups in total. The van der Waals surface area contributed by atoms with Gasteiger partial charge in [-0.25, -0.2) is 9.07 Å². The van der Waals surface area contributed by atoms with E-state index >= 15 is 0 Å². The van der Waals surface area contributed by atoms with Gasteiger partial charge in [0.25, 0.3) is 0 Å². The van der Waals surface area contributed by atoms with E-state index in [1.807, 2.05) is 31.2 Å². The minimum atomic E-state index is -0.760. The van der Waals surface area contributed by atoms with Crippen molar-refractivity contribution in [2.45, 2.75) is 19.4 Å². The van der Waals surface area contributed by atoms with E-state index in [0.29, 0.717) is 22.6 Å². The maximum Gasteiger partial charge on any atom is 0.249 e. The largest absolute Gasteiger partial charge is 0.324 e. The summed E-state index contributed by atoms with van der Waals surface area (Å²) in [4.78, 5) is 24.9. The first-order valence-corrected chi connectivity index (χ1v) is 8.52. The lowest BCUT2D eigenvalue weighted by Crippen LogP contribution is -2.35. The topological polar surface area (TPSA) is 76.0 Å². The van der Waals surface area contributed by atoms with Crippen LogP contribution in [0.5, 0.6) is 0 Å². The Kier molecular flexibility index (Phi) is 4.19. The van der Waals surface area contributed by atoms with Crippen LogP contribution in [0.1, 0.15) is 18.0 Å². The minimum absolute atomic E-state index is 0.00473. The van der Waals surface area contributed by atoms with Crippen molar-refractivity contribution in [2.24, 2.45) is 0 Å². The van der Waals surface area contributed by atoms with Crippen molar-refractivity contribution in [1.82, 2.24) is 9.78 Å². The van der Waals surface area contributed by atoms with Crippen LogP contribution in [0.3, 0.4) is 0 Å². The number of fused-ring (bicyclic) bond motifs is 1. The third-order valence-corrected chi connectivity index (χ3v) is 4.50. The van der Waals surface area contributed by atoms with E-state index in [1.165, 1.54) is 16.8 Å². The molecule has 6 nitrogen and oxygen atoms in total. The molecule has 0 bridgehead atoms. The molecule has 1 aliphatic heterocycles. The lowest BCUT2D eigenvalue weighted by atomic mass is 10.1. The number of nitrogens with one attached hydrogen (secondary N) is 2. The number of nitrogens with zero attached hydrogens (tertiary/aromatic N) is 2. The van der Waals surface area contributed by atoms with E-state index in [-0.39, 0.29) is 24.1 Å². The van der Waals surface area contributed by atoms with Crippen LogP contribution >= 0.6 is 0 Å². The fourth-order valence-corrected chi connectivity index (χ4v) is 3.08. The predicted molar refractivity (Wildman–Crippen MR) is 99.7 cm³/mol. The van der Waals surface area contributed by atoms with Crippen LogP contribution in [0.2, 0.25) is 0 Å². The number of anilines is 2. The molecule has 136 valence electrons. The number of aromatic nitrogens is 2. The Labute approximate surface area is 155 Å². The summed E-state index contributed by atoms with van der Waals surface area (Å²) in [5.41, 5.74) is 3.08. The second-order valence-corrected chi connectivity index (χ2v) is 6.48. The van der Waals surface area contributed by atoms with Crippen LogP contribution in [-0.4, -0.2) is 21.6 Å². The Morgan fingerprint density at radius 2 is 1.89 bits per heavy atom. The van der Waals surface area contributed by atoms with Crippen molar-refractivity contribution in [3.8, 4) is 11.1 Å². The third kappa shape index (κ3) is 3.31.